The summed E-state index contributed by atoms with van der Waals surface area (Å²) < 4.78 is 13.3. The van der Waals surface area contributed by atoms with Gasteiger partial charge in [-0.2, -0.15) is 0 Å². The van der Waals surface area contributed by atoms with Crippen LogP contribution in [0.3, 0.4) is 0 Å². The monoisotopic (exact) mass is 338 g/mol. The van der Waals surface area contributed by atoms with Crippen LogP contribution >= 0.6 is 0 Å². The highest BCUT2D eigenvalue weighted by Crippen LogP contribution is 2.15. The third-order valence-corrected chi connectivity index (χ3v) is 4.88. The average molecular weight is 338 g/mol. The van der Waals surface area contributed by atoms with Gasteiger partial charge in [0, 0.05) is 12.6 Å². The van der Waals surface area contributed by atoms with E-state index < -0.39 is 0 Å². The SMILES string of the molecule is Fc1cccc(CN2CCC(NCc3nc4ccccc4[nH]3)CC2)c1. The van der Waals surface area contributed by atoms with Gasteiger partial charge in [0.1, 0.15) is 11.6 Å². The molecule has 5 heteroatoms. The first-order valence-electron chi connectivity index (χ1n) is 8.90. The van der Waals surface area contributed by atoms with E-state index in [0.717, 1.165) is 61.4 Å². The molecule has 0 saturated carbocycles. The molecule has 25 heavy (non-hydrogen) atoms. The number of aromatic amines is 1. The Morgan fingerprint density at radius 1 is 1.12 bits per heavy atom. The van der Waals surface area contributed by atoms with Gasteiger partial charge in [-0.25, -0.2) is 9.37 Å². The lowest BCUT2D eigenvalue weighted by Gasteiger charge is -2.32. The predicted octanol–water partition coefficient (Wildman–Crippen LogP) is 3.46. The van der Waals surface area contributed by atoms with Crippen LogP contribution in [0.2, 0.25) is 0 Å². The maximum absolute atomic E-state index is 13.3. The lowest BCUT2D eigenvalue weighted by Crippen LogP contribution is -2.42. The van der Waals surface area contributed by atoms with Crippen molar-refractivity contribution < 1.29 is 4.39 Å². The lowest BCUT2D eigenvalue weighted by molar-refractivity contribution is 0.189. The summed E-state index contributed by atoms with van der Waals surface area (Å²) in [6, 6.07) is 15.5. The summed E-state index contributed by atoms with van der Waals surface area (Å²) in [5.74, 6) is 0.836. The fourth-order valence-corrected chi connectivity index (χ4v) is 3.52. The highest BCUT2D eigenvalue weighted by Gasteiger charge is 2.19. The maximum Gasteiger partial charge on any atom is 0.123 e. The molecule has 0 radical (unpaired) electrons. The summed E-state index contributed by atoms with van der Waals surface area (Å²) in [5.41, 5.74) is 3.15. The summed E-state index contributed by atoms with van der Waals surface area (Å²) >= 11 is 0. The second-order valence-corrected chi connectivity index (χ2v) is 6.76. The van der Waals surface area contributed by atoms with Crippen LogP contribution in [0.4, 0.5) is 4.39 Å². The van der Waals surface area contributed by atoms with Crippen LogP contribution < -0.4 is 5.32 Å². The number of benzene rings is 2. The standard InChI is InChI=1S/C20H23FN4/c21-16-5-3-4-15(12-16)14-25-10-8-17(9-11-25)22-13-20-23-18-6-1-2-7-19(18)24-20/h1-7,12,17,22H,8-11,13-14H2,(H,23,24). The molecule has 1 aromatic heterocycles. The first-order chi connectivity index (χ1) is 12.3. The third-order valence-electron chi connectivity index (χ3n) is 4.88. The topological polar surface area (TPSA) is 44.0 Å². The molecule has 1 fully saturated rings. The number of H-pyrrole nitrogens is 1. The van der Waals surface area contributed by atoms with E-state index in [1.807, 2.05) is 24.3 Å². The van der Waals surface area contributed by atoms with E-state index in [0.29, 0.717) is 6.04 Å². The molecule has 1 aliphatic heterocycles. The molecule has 2 N–H and O–H groups in total. The Bertz CT molecular complexity index is 803. The van der Waals surface area contributed by atoms with E-state index in [1.165, 1.54) is 6.07 Å². The molecule has 4 nitrogen and oxygen atoms in total. The van der Waals surface area contributed by atoms with Crippen molar-refractivity contribution in [2.24, 2.45) is 0 Å². The zero-order chi connectivity index (χ0) is 17.1. The van der Waals surface area contributed by atoms with Gasteiger partial charge in [-0.15, -0.1) is 0 Å². The van der Waals surface area contributed by atoms with Crippen LogP contribution in [0.15, 0.2) is 48.5 Å². The van der Waals surface area contributed by atoms with Gasteiger partial charge in [-0.3, -0.25) is 4.90 Å². The Labute approximate surface area is 147 Å². The summed E-state index contributed by atoms with van der Waals surface area (Å²) in [6.45, 7) is 3.67. The van der Waals surface area contributed by atoms with Crippen molar-refractivity contribution in [3.8, 4) is 0 Å². The van der Waals surface area contributed by atoms with Crippen LogP contribution in [0.1, 0.15) is 24.2 Å². The molecule has 0 spiro atoms. The molecule has 0 bridgehead atoms. The molecule has 0 aliphatic carbocycles. The molecule has 2 aromatic carbocycles. The minimum absolute atomic E-state index is 0.153. The van der Waals surface area contributed by atoms with E-state index in [2.05, 4.69) is 26.3 Å². The number of likely N-dealkylation sites (tertiary alicyclic amines) is 1. The first-order valence-corrected chi connectivity index (χ1v) is 8.90. The minimum atomic E-state index is -0.153. The molecule has 1 saturated heterocycles. The number of piperidine rings is 1. The van der Waals surface area contributed by atoms with Crippen molar-refractivity contribution in [1.29, 1.82) is 0 Å². The Balaban J connectivity index is 1.26. The first kappa shape index (κ1) is 16.2. The Kier molecular flexibility index (Phi) is 4.76. The minimum Gasteiger partial charge on any atom is -0.341 e. The van der Waals surface area contributed by atoms with E-state index in [4.69, 9.17) is 0 Å². The fraction of sp³-hybridized carbons (Fsp3) is 0.350. The number of hydrogen-bond acceptors (Lipinski definition) is 3. The second-order valence-electron chi connectivity index (χ2n) is 6.76. The van der Waals surface area contributed by atoms with Crippen LogP contribution in [-0.4, -0.2) is 34.0 Å². The smallest absolute Gasteiger partial charge is 0.123 e. The highest BCUT2D eigenvalue weighted by atomic mass is 19.1. The van der Waals surface area contributed by atoms with Gasteiger partial charge in [0.15, 0.2) is 0 Å². The van der Waals surface area contributed by atoms with Crippen molar-refractivity contribution in [2.75, 3.05) is 13.1 Å². The molecular weight excluding hydrogens is 315 g/mol. The quantitative estimate of drug-likeness (QED) is 0.749. The molecule has 0 unspecified atom stereocenters. The number of nitrogens with zero attached hydrogens (tertiary/aromatic N) is 2. The molecular formula is C20H23FN4. The normalized spacial score (nSPS) is 16.5. The van der Waals surface area contributed by atoms with Gasteiger partial charge >= 0.3 is 0 Å². The van der Waals surface area contributed by atoms with Crippen LogP contribution in [0.5, 0.6) is 0 Å². The van der Waals surface area contributed by atoms with Gasteiger partial charge < -0.3 is 10.3 Å². The van der Waals surface area contributed by atoms with E-state index in [9.17, 15) is 4.39 Å². The summed E-state index contributed by atoms with van der Waals surface area (Å²) in [6.07, 6.45) is 2.21. The van der Waals surface area contributed by atoms with E-state index >= 15 is 0 Å². The number of fused-ring (bicyclic) bond motifs is 1. The van der Waals surface area contributed by atoms with Gasteiger partial charge in [-0.1, -0.05) is 24.3 Å². The zero-order valence-electron chi connectivity index (χ0n) is 14.2. The van der Waals surface area contributed by atoms with Gasteiger partial charge in [0.05, 0.1) is 17.6 Å². The largest absolute Gasteiger partial charge is 0.341 e. The van der Waals surface area contributed by atoms with Gasteiger partial charge in [0.25, 0.3) is 0 Å². The number of nitrogens with one attached hydrogen (secondary N) is 2. The van der Waals surface area contributed by atoms with Crippen LogP contribution in [-0.2, 0) is 13.1 Å². The number of para-hydroxylation sites is 2. The lowest BCUT2D eigenvalue weighted by atomic mass is 10.0. The van der Waals surface area contributed by atoms with Crippen molar-refractivity contribution in [3.05, 3.63) is 65.7 Å². The molecule has 0 atom stereocenters. The van der Waals surface area contributed by atoms with E-state index in [1.54, 1.807) is 12.1 Å². The third kappa shape index (κ3) is 4.06. The van der Waals surface area contributed by atoms with Crippen molar-refractivity contribution in [2.45, 2.75) is 32.0 Å². The molecule has 2 heterocycles. The second kappa shape index (κ2) is 7.33. The van der Waals surface area contributed by atoms with Crippen LogP contribution in [0, 0.1) is 5.82 Å². The van der Waals surface area contributed by atoms with Crippen molar-refractivity contribution >= 4 is 11.0 Å². The summed E-state index contributed by atoms with van der Waals surface area (Å²) in [7, 11) is 0. The van der Waals surface area contributed by atoms with E-state index in [-0.39, 0.29) is 5.82 Å². The maximum atomic E-state index is 13.3. The summed E-state index contributed by atoms with van der Waals surface area (Å²) in [4.78, 5) is 10.4. The Morgan fingerprint density at radius 2 is 1.96 bits per heavy atom. The zero-order valence-corrected chi connectivity index (χ0v) is 14.2. The number of hydrogen-bond donors (Lipinski definition) is 2. The predicted molar refractivity (Wildman–Crippen MR) is 97.6 cm³/mol. The Hall–Kier alpha value is -2.24. The Morgan fingerprint density at radius 3 is 2.76 bits per heavy atom. The number of imidazole rings is 1. The summed E-state index contributed by atoms with van der Waals surface area (Å²) in [5, 5.41) is 3.61. The molecule has 1 aliphatic rings. The van der Waals surface area contributed by atoms with Gasteiger partial charge in [-0.05, 0) is 55.8 Å². The van der Waals surface area contributed by atoms with Gasteiger partial charge in [0.2, 0.25) is 0 Å². The highest BCUT2D eigenvalue weighted by molar-refractivity contribution is 5.74. The number of rotatable bonds is 5. The molecule has 4 rings (SSSR count). The van der Waals surface area contributed by atoms with Crippen molar-refractivity contribution in [1.82, 2.24) is 20.2 Å². The fourth-order valence-electron chi connectivity index (χ4n) is 3.52. The molecule has 3 aromatic rings. The van der Waals surface area contributed by atoms with Crippen LogP contribution in [0.25, 0.3) is 11.0 Å². The number of halogens is 1. The molecule has 130 valence electrons. The number of aromatic nitrogens is 2. The van der Waals surface area contributed by atoms with Crippen molar-refractivity contribution in [3.63, 3.8) is 0 Å². The average Bonchev–Trinajstić information content (AvgIpc) is 3.04. The molecule has 0 amide bonds.